The van der Waals surface area contributed by atoms with Crippen molar-refractivity contribution in [2.75, 3.05) is 33.9 Å². The van der Waals surface area contributed by atoms with Crippen LogP contribution in [0.25, 0.3) is 11.1 Å². The van der Waals surface area contributed by atoms with E-state index in [1.54, 1.807) is 14.2 Å². The van der Waals surface area contributed by atoms with Crippen LogP contribution in [0.15, 0.2) is 42.5 Å². The summed E-state index contributed by atoms with van der Waals surface area (Å²) in [5, 5.41) is 3.50. The first kappa shape index (κ1) is 19.6. The van der Waals surface area contributed by atoms with E-state index in [1.165, 1.54) is 16.7 Å². The quantitative estimate of drug-likeness (QED) is 0.881. The summed E-state index contributed by atoms with van der Waals surface area (Å²) in [7, 11) is 3.38. The second-order valence-electron chi connectivity index (χ2n) is 6.32. The Morgan fingerprint density at radius 1 is 1.08 bits per heavy atom. The molecule has 4 nitrogen and oxygen atoms in total. The molecule has 1 aliphatic heterocycles. The second kappa shape index (κ2) is 9.09. The Morgan fingerprint density at radius 3 is 2.40 bits per heavy atom. The van der Waals surface area contributed by atoms with Gasteiger partial charge in [-0.3, -0.25) is 4.90 Å². The molecule has 0 aliphatic carbocycles. The molecule has 0 spiro atoms. The fraction of sp³-hybridized carbons (Fsp3) is 0.400. The summed E-state index contributed by atoms with van der Waals surface area (Å²) in [4.78, 5) is 2.49. The van der Waals surface area contributed by atoms with Gasteiger partial charge in [0, 0.05) is 32.2 Å². The average molecular weight is 363 g/mol. The number of hydrogen-bond donors (Lipinski definition) is 1. The molecule has 1 aliphatic rings. The van der Waals surface area contributed by atoms with Crippen molar-refractivity contribution in [3.8, 4) is 22.6 Å². The molecule has 0 amide bonds. The van der Waals surface area contributed by atoms with Gasteiger partial charge in [0.2, 0.25) is 0 Å². The molecule has 25 heavy (non-hydrogen) atoms. The molecule has 1 fully saturated rings. The molecule has 1 N–H and O–H groups in total. The highest BCUT2D eigenvalue weighted by atomic mass is 35.5. The number of halogens is 1. The average Bonchev–Trinajstić information content (AvgIpc) is 2.62. The summed E-state index contributed by atoms with van der Waals surface area (Å²) in [5.41, 5.74) is 3.68. The van der Waals surface area contributed by atoms with Crippen molar-refractivity contribution in [2.45, 2.75) is 19.5 Å². The lowest BCUT2D eigenvalue weighted by Gasteiger charge is -2.32. The Bertz CT molecular complexity index is 679. The molecule has 1 atom stereocenters. The topological polar surface area (TPSA) is 33.7 Å². The Balaban J connectivity index is 0.00000225. The van der Waals surface area contributed by atoms with Crippen molar-refractivity contribution in [1.29, 1.82) is 0 Å². The van der Waals surface area contributed by atoms with Crippen LogP contribution in [0.3, 0.4) is 0 Å². The van der Waals surface area contributed by atoms with Gasteiger partial charge < -0.3 is 14.8 Å². The Hall–Kier alpha value is -1.75. The van der Waals surface area contributed by atoms with Gasteiger partial charge in [-0.25, -0.2) is 0 Å². The van der Waals surface area contributed by atoms with E-state index in [0.29, 0.717) is 6.04 Å². The third kappa shape index (κ3) is 4.66. The first-order valence-corrected chi connectivity index (χ1v) is 8.47. The van der Waals surface area contributed by atoms with Crippen molar-refractivity contribution in [1.82, 2.24) is 10.2 Å². The summed E-state index contributed by atoms with van der Waals surface area (Å²) in [6, 6.07) is 15.2. The fourth-order valence-corrected chi connectivity index (χ4v) is 3.34. The predicted molar refractivity (Wildman–Crippen MR) is 105 cm³/mol. The lowest BCUT2D eigenvalue weighted by atomic mass is 9.98. The van der Waals surface area contributed by atoms with Gasteiger partial charge in [-0.15, -0.1) is 12.4 Å². The van der Waals surface area contributed by atoms with E-state index in [0.717, 1.165) is 37.7 Å². The lowest BCUT2D eigenvalue weighted by Crippen LogP contribution is -2.48. The van der Waals surface area contributed by atoms with Crippen LogP contribution in [0.5, 0.6) is 11.5 Å². The maximum atomic E-state index is 5.52. The van der Waals surface area contributed by atoms with E-state index in [-0.39, 0.29) is 12.4 Å². The van der Waals surface area contributed by atoms with Crippen LogP contribution in [0.4, 0.5) is 0 Å². The molecule has 0 unspecified atom stereocenters. The number of ether oxygens (including phenoxy) is 2. The predicted octanol–water partition coefficient (Wildman–Crippen LogP) is 3.59. The molecular formula is C20H27ClN2O2. The number of nitrogens with zero attached hydrogens (tertiary/aromatic N) is 1. The minimum absolute atomic E-state index is 0. The van der Waals surface area contributed by atoms with Gasteiger partial charge in [0.05, 0.1) is 14.2 Å². The van der Waals surface area contributed by atoms with Crippen molar-refractivity contribution in [3.05, 3.63) is 48.0 Å². The first-order chi connectivity index (χ1) is 11.7. The van der Waals surface area contributed by atoms with Crippen molar-refractivity contribution in [2.24, 2.45) is 0 Å². The van der Waals surface area contributed by atoms with E-state index < -0.39 is 0 Å². The van der Waals surface area contributed by atoms with Crippen LogP contribution in [0.1, 0.15) is 12.5 Å². The third-order valence-electron chi connectivity index (χ3n) is 4.54. The van der Waals surface area contributed by atoms with E-state index in [4.69, 9.17) is 9.47 Å². The zero-order valence-electron chi connectivity index (χ0n) is 15.1. The minimum Gasteiger partial charge on any atom is -0.493 e. The van der Waals surface area contributed by atoms with Crippen molar-refractivity contribution >= 4 is 12.4 Å². The van der Waals surface area contributed by atoms with Gasteiger partial charge in [0.25, 0.3) is 0 Å². The van der Waals surface area contributed by atoms with Crippen LogP contribution in [-0.2, 0) is 6.54 Å². The molecule has 0 aromatic heterocycles. The molecule has 0 radical (unpaired) electrons. The smallest absolute Gasteiger partial charge is 0.161 e. The monoisotopic (exact) mass is 362 g/mol. The molecular weight excluding hydrogens is 336 g/mol. The molecule has 5 heteroatoms. The van der Waals surface area contributed by atoms with Gasteiger partial charge >= 0.3 is 0 Å². The first-order valence-electron chi connectivity index (χ1n) is 8.47. The van der Waals surface area contributed by atoms with Crippen LogP contribution >= 0.6 is 12.4 Å². The molecule has 1 saturated heterocycles. The Morgan fingerprint density at radius 2 is 1.76 bits per heavy atom. The number of nitrogens with one attached hydrogen (secondary N) is 1. The maximum Gasteiger partial charge on any atom is 0.161 e. The summed E-state index contributed by atoms with van der Waals surface area (Å²) in [5.74, 6) is 1.56. The second-order valence-corrected chi connectivity index (χ2v) is 6.32. The number of methoxy groups -OCH3 is 2. The van der Waals surface area contributed by atoms with Gasteiger partial charge in [-0.05, 0) is 35.7 Å². The Kier molecular flexibility index (Phi) is 7.12. The number of rotatable bonds is 5. The molecule has 3 rings (SSSR count). The van der Waals surface area contributed by atoms with Gasteiger partial charge in [0.15, 0.2) is 11.5 Å². The number of piperazine rings is 1. The number of hydrogen-bond acceptors (Lipinski definition) is 4. The summed E-state index contributed by atoms with van der Waals surface area (Å²) in [6.45, 7) is 6.31. The largest absolute Gasteiger partial charge is 0.493 e. The Labute approximate surface area is 156 Å². The summed E-state index contributed by atoms with van der Waals surface area (Å²) < 4.78 is 11.0. The van der Waals surface area contributed by atoms with E-state index in [2.05, 4.69) is 53.5 Å². The normalized spacial score (nSPS) is 17.6. The zero-order chi connectivity index (χ0) is 16.9. The van der Waals surface area contributed by atoms with Crippen LogP contribution in [0, 0.1) is 0 Å². The molecule has 136 valence electrons. The molecule has 1 heterocycles. The molecule has 0 bridgehead atoms. The van der Waals surface area contributed by atoms with E-state index >= 15 is 0 Å². The van der Waals surface area contributed by atoms with Crippen LogP contribution in [-0.4, -0.2) is 44.8 Å². The minimum atomic E-state index is 0. The molecule has 0 saturated carbocycles. The fourth-order valence-electron chi connectivity index (χ4n) is 3.34. The van der Waals surface area contributed by atoms with Gasteiger partial charge in [0.1, 0.15) is 0 Å². The maximum absolute atomic E-state index is 5.52. The summed E-state index contributed by atoms with van der Waals surface area (Å²) in [6.07, 6.45) is 0. The third-order valence-corrected chi connectivity index (χ3v) is 4.54. The standard InChI is InChI=1S/C20H26N2O2.ClH/c1-15-13-22(10-9-21-15)14-17-11-19(23-2)20(24-3)12-18(17)16-7-5-4-6-8-16;/h4-8,11-12,15,21H,9-10,13-14H2,1-3H3;1H/t15-;/m0./s1. The van der Waals surface area contributed by atoms with E-state index in [9.17, 15) is 0 Å². The SMILES string of the molecule is COc1cc(CN2CCN[C@@H](C)C2)c(-c2ccccc2)cc1OC.Cl. The van der Waals surface area contributed by atoms with E-state index in [1.807, 2.05) is 6.07 Å². The molecule has 2 aromatic rings. The van der Waals surface area contributed by atoms with Gasteiger partial charge in [-0.2, -0.15) is 0 Å². The van der Waals surface area contributed by atoms with Gasteiger partial charge in [-0.1, -0.05) is 30.3 Å². The zero-order valence-corrected chi connectivity index (χ0v) is 15.9. The highest BCUT2D eigenvalue weighted by molar-refractivity contribution is 5.85. The van der Waals surface area contributed by atoms with Crippen LogP contribution < -0.4 is 14.8 Å². The molecule has 2 aromatic carbocycles. The van der Waals surface area contributed by atoms with Crippen LogP contribution in [0.2, 0.25) is 0 Å². The highest BCUT2D eigenvalue weighted by Crippen LogP contribution is 2.36. The number of benzene rings is 2. The lowest BCUT2D eigenvalue weighted by molar-refractivity contribution is 0.199. The summed E-state index contributed by atoms with van der Waals surface area (Å²) >= 11 is 0. The highest BCUT2D eigenvalue weighted by Gasteiger charge is 2.19. The van der Waals surface area contributed by atoms with Crippen molar-refractivity contribution < 1.29 is 9.47 Å². The van der Waals surface area contributed by atoms with Crippen molar-refractivity contribution in [3.63, 3.8) is 0 Å².